The number of nitrogens with one attached hydrogen (secondary N) is 2. The second-order valence-corrected chi connectivity index (χ2v) is 6.65. The van der Waals surface area contributed by atoms with E-state index < -0.39 is 0 Å². The van der Waals surface area contributed by atoms with Gasteiger partial charge in [-0.2, -0.15) is 0 Å². The SMILES string of the molecule is CC(=O)NCc1ccc(C(=O)NC(CCCO)c2ccccc2)s1. The van der Waals surface area contributed by atoms with Crippen molar-refractivity contribution in [1.29, 1.82) is 0 Å². The maximum Gasteiger partial charge on any atom is 0.261 e. The molecule has 0 fully saturated rings. The monoisotopic (exact) mass is 346 g/mol. The van der Waals surface area contributed by atoms with Crippen LogP contribution in [0.4, 0.5) is 0 Å². The van der Waals surface area contributed by atoms with E-state index in [4.69, 9.17) is 5.11 Å². The number of hydrogen-bond donors (Lipinski definition) is 3. The summed E-state index contributed by atoms with van der Waals surface area (Å²) in [6.07, 6.45) is 1.30. The Morgan fingerprint density at radius 3 is 2.58 bits per heavy atom. The third kappa shape index (κ3) is 5.47. The molecule has 0 aliphatic heterocycles. The van der Waals surface area contributed by atoms with Crippen LogP contribution in [0.1, 0.15) is 45.9 Å². The molecule has 2 rings (SSSR count). The van der Waals surface area contributed by atoms with E-state index in [1.807, 2.05) is 36.4 Å². The van der Waals surface area contributed by atoms with Gasteiger partial charge in [0.15, 0.2) is 0 Å². The Bertz CT molecular complexity index is 670. The van der Waals surface area contributed by atoms with Gasteiger partial charge in [0.1, 0.15) is 0 Å². The molecule has 0 aliphatic carbocycles. The lowest BCUT2D eigenvalue weighted by molar-refractivity contribution is -0.119. The van der Waals surface area contributed by atoms with E-state index >= 15 is 0 Å². The van der Waals surface area contributed by atoms with E-state index in [0.29, 0.717) is 24.3 Å². The molecular weight excluding hydrogens is 324 g/mol. The van der Waals surface area contributed by atoms with Crippen LogP contribution < -0.4 is 10.6 Å². The molecule has 0 saturated carbocycles. The number of carbonyl (C=O) groups is 2. The van der Waals surface area contributed by atoms with Gasteiger partial charge in [-0.25, -0.2) is 0 Å². The van der Waals surface area contributed by atoms with Crippen LogP contribution in [-0.4, -0.2) is 23.5 Å². The fourth-order valence-electron chi connectivity index (χ4n) is 2.34. The van der Waals surface area contributed by atoms with Crippen molar-refractivity contribution in [3.8, 4) is 0 Å². The number of thiophene rings is 1. The average molecular weight is 346 g/mol. The van der Waals surface area contributed by atoms with Gasteiger partial charge in [-0.1, -0.05) is 30.3 Å². The average Bonchev–Trinajstić information content (AvgIpc) is 3.06. The molecule has 24 heavy (non-hydrogen) atoms. The van der Waals surface area contributed by atoms with Crippen molar-refractivity contribution in [2.75, 3.05) is 6.61 Å². The number of rotatable bonds is 8. The minimum Gasteiger partial charge on any atom is -0.396 e. The van der Waals surface area contributed by atoms with Gasteiger partial charge in [0.2, 0.25) is 5.91 Å². The number of aliphatic hydroxyl groups is 1. The van der Waals surface area contributed by atoms with E-state index in [1.165, 1.54) is 18.3 Å². The number of aliphatic hydroxyl groups excluding tert-OH is 1. The van der Waals surface area contributed by atoms with Gasteiger partial charge in [-0.3, -0.25) is 9.59 Å². The second kappa shape index (κ2) is 9.20. The number of hydrogen-bond acceptors (Lipinski definition) is 4. The van der Waals surface area contributed by atoms with Crippen molar-refractivity contribution in [2.45, 2.75) is 32.4 Å². The molecule has 0 radical (unpaired) electrons. The van der Waals surface area contributed by atoms with Crippen molar-refractivity contribution in [3.63, 3.8) is 0 Å². The van der Waals surface area contributed by atoms with Crippen LogP contribution in [0.3, 0.4) is 0 Å². The van der Waals surface area contributed by atoms with Gasteiger partial charge < -0.3 is 15.7 Å². The zero-order valence-electron chi connectivity index (χ0n) is 13.6. The Labute approximate surface area is 145 Å². The number of carbonyl (C=O) groups excluding carboxylic acids is 2. The second-order valence-electron chi connectivity index (χ2n) is 5.48. The predicted octanol–water partition coefficient (Wildman–Crippen LogP) is 2.63. The highest BCUT2D eigenvalue weighted by Gasteiger charge is 2.16. The highest BCUT2D eigenvalue weighted by Crippen LogP contribution is 2.21. The normalized spacial score (nSPS) is 11.8. The van der Waals surface area contributed by atoms with Gasteiger partial charge in [0, 0.05) is 18.4 Å². The lowest BCUT2D eigenvalue weighted by Crippen LogP contribution is -2.28. The van der Waals surface area contributed by atoms with E-state index in [-0.39, 0.29) is 24.5 Å². The maximum atomic E-state index is 12.5. The van der Waals surface area contributed by atoms with Crippen LogP contribution >= 0.6 is 11.3 Å². The first-order valence-electron chi connectivity index (χ1n) is 7.90. The highest BCUT2D eigenvalue weighted by molar-refractivity contribution is 7.14. The Kier molecular flexibility index (Phi) is 6.96. The molecule has 0 saturated heterocycles. The zero-order chi connectivity index (χ0) is 17.4. The smallest absolute Gasteiger partial charge is 0.261 e. The molecule has 1 atom stereocenters. The molecular formula is C18H22N2O3S. The van der Waals surface area contributed by atoms with Gasteiger partial charge in [0.25, 0.3) is 5.91 Å². The molecule has 5 nitrogen and oxygen atoms in total. The third-order valence-corrected chi connectivity index (χ3v) is 4.64. The van der Waals surface area contributed by atoms with Crippen LogP contribution in [0.5, 0.6) is 0 Å². The molecule has 3 N–H and O–H groups in total. The number of benzene rings is 1. The Hall–Kier alpha value is -2.18. The molecule has 6 heteroatoms. The largest absolute Gasteiger partial charge is 0.396 e. The van der Waals surface area contributed by atoms with Crippen LogP contribution in [0.25, 0.3) is 0 Å². The molecule has 1 heterocycles. The number of amides is 2. The summed E-state index contributed by atoms with van der Waals surface area (Å²) in [5, 5.41) is 14.8. The molecule has 1 unspecified atom stereocenters. The van der Waals surface area contributed by atoms with Gasteiger partial charge >= 0.3 is 0 Å². The first-order valence-corrected chi connectivity index (χ1v) is 8.71. The molecule has 0 spiro atoms. The summed E-state index contributed by atoms with van der Waals surface area (Å²) >= 11 is 1.37. The summed E-state index contributed by atoms with van der Waals surface area (Å²) < 4.78 is 0. The summed E-state index contributed by atoms with van der Waals surface area (Å²) in [5.74, 6) is -0.233. The Morgan fingerprint density at radius 1 is 1.17 bits per heavy atom. The molecule has 128 valence electrons. The quantitative estimate of drug-likeness (QED) is 0.687. The van der Waals surface area contributed by atoms with E-state index in [1.54, 1.807) is 6.07 Å². The van der Waals surface area contributed by atoms with Crippen LogP contribution in [0.2, 0.25) is 0 Å². The fraction of sp³-hybridized carbons (Fsp3) is 0.333. The molecule has 2 amide bonds. The summed E-state index contributed by atoms with van der Waals surface area (Å²) in [6, 6.07) is 13.2. The first kappa shape index (κ1) is 18.2. The molecule has 2 aromatic rings. The molecule has 0 bridgehead atoms. The Balaban J connectivity index is 2.03. The summed E-state index contributed by atoms with van der Waals surface area (Å²) in [4.78, 5) is 25.0. The van der Waals surface area contributed by atoms with Crippen molar-refractivity contribution >= 4 is 23.2 Å². The zero-order valence-corrected chi connectivity index (χ0v) is 14.4. The van der Waals surface area contributed by atoms with Crippen molar-refractivity contribution in [3.05, 3.63) is 57.8 Å². The molecule has 0 aliphatic rings. The van der Waals surface area contributed by atoms with Gasteiger partial charge in [-0.15, -0.1) is 11.3 Å². The van der Waals surface area contributed by atoms with Crippen molar-refractivity contribution in [2.24, 2.45) is 0 Å². The Morgan fingerprint density at radius 2 is 1.92 bits per heavy atom. The van der Waals surface area contributed by atoms with E-state index in [9.17, 15) is 9.59 Å². The summed E-state index contributed by atoms with van der Waals surface area (Å²) in [6.45, 7) is 1.99. The van der Waals surface area contributed by atoms with Crippen LogP contribution in [0, 0.1) is 0 Å². The first-order chi connectivity index (χ1) is 11.6. The lowest BCUT2D eigenvalue weighted by atomic mass is 10.0. The predicted molar refractivity (Wildman–Crippen MR) is 94.8 cm³/mol. The minimum atomic E-state index is -0.138. The minimum absolute atomic E-state index is 0.0949. The highest BCUT2D eigenvalue weighted by atomic mass is 32.1. The summed E-state index contributed by atoms with van der Waals surface area (Å²) in [5.41, 5.74) is 1.02. The topological polar surface area (TPSA) is 78.4 Å². The molecule has 1 aromatic carbocycles. The lowest BCUT2D eigenvalue weighted by Gasteiger charge is -2.18. The maximum absolute atomic E-state index is 12.5. The van der Waals surface area contributed by atoms with Gasteiger partial charge in [0.05, 0.1) is 17.5 Å². The van der Waals surface area contributed by atoms with E-state index in [2.05, 4.69) is 10.6 Å². The summed E-state index contributed by atoms with van der Waals surface area (Å²) in [7, 11) is 0. The van der Waals surface area contributed by atoms with Crippen molar-refractivity contribution in [1.82, 2.24) is 10.6 Å². The van der Waals surface area contributed by atoms with Crippen molar-refractivity contribution < 1.29 is 14.7 Å². The standard InChI is InChI=1S/C18H22N2O3S/c1-13(22)19-12-15-9-10-17(24-15)18(23)20-16(8-5-11-21)14-6-3-2-4-7-14/h2-4,6-7,9-10,16,21H,5,8,11-12H2,1H3,(H,19,22)(H,20,23). The third-order valence-electron chi connectivity index (χ3n) is 3.56. The molecule has 1 aromatic heterocycles. The van der Waals surface area contributed by atoms with Crippen LogP contribution in [0.15, 0.2) is 42.5 Å². The van der Waals surface area contributed by atoms with Crippen LogP contribution in [-0.2, 0) is 11.3 Å². The fourth-order valence-corrected chi connectivity index (χ4v) is 3.19. The van der Waals surface area contributed by atoms with Gasteiger partial charge in [-0.05, 0) is 30.5 Å². The van der Waals surface area contributed by atoms with E-state index in [0.717, 1.165) is 10.4 Å².